The lowest BCUT2D eigenvalue weighted by molar-refractivity contribution is -0.147. The zero-order chi connectivity index (χ0) is 16.5. The first-order valence-electron chi connectivity index (χ1n) is 7.21. The molecule has 0 bridgehead atoms. The molecule has 0 aliphatic carbocycles. The number of carboxylic acids is 1. The molecule has 1 aliphatic heterocycles. The summed E-state index contributed by atoms with van der Waals surface area (Å²) < 4.78 is 14.1. The number of carbonyl (C=O) groups excluding carboxylic acids is 1. The van der Waals surface area contributed by atoms with Crippen LogP contribution in [0.15, 0.2) is 18.2 Å². The average molecular weight is 328 g/mol. The quantitative estimate of drug-likeness (QED) is 0.928. The topological polar surface area (TPSA) is 57.6 Å². The molecule has 0 radical (unpaired) electrons. The highest BCUT2D eigenvalue weighted by atomic mass is 35.5. The smallest absolute Gasteiger partial charge is 0.306 e. The maximum absolute atomic E-state index is 14.1. The summed E-state index contributed by atoms with van der Waals surface area (Å²) in [6, 6.07) is 4.29. The molecule has 1 saturated heterocycles. The number of hydrogen-bond acceptors (Lipinski definition) is 2. The van der Waals surface area contributed by atoms with Crippen molar-refractivity contribution in [3.05, 3.63) is 34.6 Å². The lowest BCUT2D eigenvalue weighted by Gasteiger charge is -2.36. The second-order valence-corrected chi connectivity index (χ2v) is 6.59. The predicted octanol–water partition coefficient (Wildman–Crippen LogP) is 3.08. The second-order valence-electron chi connectivity index (χ2n) is 6.15. The van der Waals surface area contributed by atoms with Crippen molar-refractivity contribution in [1.29, 1.82) is 0 Å². The van der Waals surface area contributed by atoms with Crippen LogP contribution in [0.4, 0.5) is 4.39 Å². The van der Waals surface area contributed by atoms with Crippen molar-refractivity contribution in [3.8, 4) is 0 Å². The van der Waals surface area contributed by atoms with Gasteiger partial charge >= 0.3 is 5.97 Å². The van der Waals surface area contributed by atoms with Crippen molar-refractivity contribution in [3.63, 3.8) is 0 Å². The molecule has 1 aromatic rings. The lowest BCUT2D eigenvalue weighted by atomic mass is 9.82. The van der Waals surface area contributed by atoms with Gasteiger partial charge in [-0.05, 0) is 38.8 Å². The summed E-state index contributed by atoms with van der Waals surface area (Å²) in [5.41, 5.74) is -0.729. The van der Waals surface area contributed by atoms with Crippen molar-refractivity contribution >= 4 is 23.5 Å². The van der Waals surface area contributed by atoms with Gasteiger partial charge in [0.05, 0.1) is 11.3 Å². The predicted molar refractivity (Wildman–Crippen MR) is 81.4 cm³/mol. The van der Waals surface area contributed by atoms with Gasteiger partial charge in [0.2, 0.25) is 5.91 Å². The molecule has 120 valence electrons. The third kappa shape index (κ3) is 3.24. The molecule has 1 heterocycles. The summed E-state index contributed by atoms with van der Waals surface area (Å²) >= 11 is 5.75. The van der Waals surface area contributed by atoms with E-state index in [0.717, 1.165) is 0 Å². The van der Waals surface area contributed by atoms with Crippen molar-refractivity contribution in [2.24, 2.45) is 5.92 Å². The van der Waals surface area contributed by atoms with Crippen LogP contribution in [0.1, 0.15) is 32.3 Å². The Morgan fingerprint density at radius 2 is 1.91 bits per heavy atom. The fourth-order valence-corrected chi connectivity index (χ4v) is 3.00. The Labute approximate surface area is 133 Å². The molecule has 1 fully saturated rings. The van der Waals surface area contributed by atoms with Crippen LogP contribution in [0, 0.1) is 11.7 Å². The third-order valence-corrected chi connectivity index (χ3v) is 4.51. The molecule has 1 N–H and O–H groups in total. The van der Waals surface area contributed by atoms with Crippen LogP contribution in [0.2, 0.25) is 5.02 Å². The molecule has 0 atom stereocenters. The molecular weight excluding hydrogens is 309 g/mol. The van der Waals surface area contributed by atoms with E-state index in [1.165, 1.54) is 12.1 Å². The summed E-state index contributed by atoms with van der Waals surface area (Å²) in [6.07, 6.45) is 0.862. The summed E-state index contributed by atoms with van der Waals surface area (Å²) in [6.45, 7) is 4.11. The van der Waals surface area contributed by atoms with Gasteiger partial charge in [-0.1, -0.05) is 17.7 Å². The van der Waals surface area contributed by atoms with Crippen LogP contribution in [0.25, 0.3) is 0 Å². The summed E-state index contributed by atoms with van der Waals surface area (Å²) in [4.78, 5) is 25.3. The minimum atomic E-state index is -1.02. The van der Waals surface area contributed by atoms with E-state index in [-0.39, 0.29) is 10.9 Å². The van der Waals surface area contributed by atoms with Crippen molar-refractivity contribution in [2.75, 3.05) is 13.1 Å². The number of likely N-dealkylation sites (tertiary alicyclic amines) is 1. The Balaban J connectivity index is 2.16. The lowest BCUT2D eigenvalue weighted by Crippen LogP contribution is -2.48. The highest BCUT2D eigenvalue weighted by Gasteiger charge is 2.38. The molecule has 2 rings (SSSR count). The number of carbonyl (C=O) groups is 2. The second kappa shape index (κ2) is 6.24. The van der Waals surface area contributed by atoms with Crippen molar-refractivity contribution in [2.45, 2.75) is 32.1 Å². The molecule has 6 heteroatoms. The number of amides is 1. The first-order valence-corrected chi connectivity index (χ1v) is 7.59. The zero-order valence-electron chi connectivity index (χ0n) is 12.6. The molecule has 0 aromatic heterocycles. The molecule has 0 unspecified atom stereocenters. The van der Waals surface area contributed by atoms with Gasteiger partial charge in [0, 0.05) is 23.7 Å². The molecular formula is C16H19ClFNO3. The van der Waals surface area contributed by atoms with Gasteiger partial charge in [-0.2, -0.15) is 0 Å². The fraction of sp³-hybridized carbons (Fsp3) is 0.500. The zero-order valence-corrected chi connectivity index (χ0v) is 13.4. The van der Waals surface area contributed by atoms with E-state index in [9.17, 15) is 14.0 Å². The first kappa shape index (κ1) is 16.7. The van der Waals surface area contributed by atoms with Gasteiger partial charge in [-0.3, -0.25) is 9.59 Å². The number of halogens is 2. The Hall–Kier alpha value is -1.62. The van der Waals surface area contributed by atoms with E-state index < -0.39 is 23.1 Å². The van der Waals surface area contributed by atoms with Crippen LogP contribution in [-0.4, -0.2) is 35.0 Å². The summed E-state index contributed by atoms with van der Waals surface area (Å²) in [7, 11) is 0. The standard InChI is InChI=1S/C16H19ClFNO3/c1-16(2,12-4-3-11(17)9-13(12)18)15(22)19-7-5-10(6-8-19)14(20)21/h3-4,9-10H,5-8H2,1-2H3,(H,20,21). The maximum atomic E-state index is 14.1. The van der Waals surface area contributed by atoms with E-state index in [1.54, 1.807) is 24.8 Å². The molecule has 1 aromatic carbocycles. The number of nitrogens with zero attached hydrogens (tertiary/aromatic N) is 1. The van der Waals surface area contributed by atoms with E-state index in [0.29, 0.717) is 31.5 Å². The average Bonchev–Trinajstić information content (AvgIpc) is 2.46. The number of carboxylic acid groups (broad SMARTS) is 1. The van der Waals surface area contributed by atoms with E-state index >= 15 is 0 Å². The Morgan fingerprint density at radius 1 is 1.32 bits per heavy atom. The number of hydrogen-bond donors (Lipinski definition) is 1. The highest BCUT2D eigenvalue weighted by molar-refractivity contribution is 6.30. The normalized spacial score (nSPS) is 16.6. The minimum absolute atomic E-state index is 0.197. The van der Waals surface area contributed by atoms with Crippen LogP contribution in [-0.2, 0) is 15.0 Å². The highest BCUT2D eigenvalue weighted by Crippen LogP contribution is 2.31. The van der Waals surface area contributed by atoms with Crippen LogP contribution >= 0.6 is 11.6 Å². The third-order valence-electron chi connectivity index (χ3n) is 4.27. The van der Waals surface area contributed by atoms with E-state index in [2.05, 4.69) is 0 Å². The molecule has 1 aliphatic rings. The Bertz CT molecular complexity index is 595. The number of benzene rings is 1. The van der Waals surface area contributed by atoms with Gasteiger partial charge in [0.25, 0.3) is 0 Å². The molecule has 0 spiro atoms. The van der Waals surface area contributed by atoms with Crippen molar-refractivity contribution < 1.29 is 19.1 Å². The summed E-state index contributed by atoms with van der Waals surface area (Å²) in [5, 5.41) is 9.28. The molecule has 1 amide bonds. The number of piperidine rings is 1. The summed E-state index contributed by atoms with van der Waals surface area (Å²) in [5.74, 6) is -1.93. The van der Waals surface area contributed by atoms with E-state index in [1.807, 2.05) is 0 Å². The molecule has 22 heavy (non-hydrogen) atoms. The van der Waals surface area contributed by atoms with Crippen LogP contribution < -0.4 is 0 Å². The van der Waals surface area contributed by atoms with Gasteiger partial charge in [0.15, 0.2) is 0 Å². The fourth-order valence-electron chi connectivity index (χ4n) is 2.84. The molecule has 4 nitrogen and oxygen atoms in total. The van der Waals surface area contributed by atoms with Gasteiger partial charge < -0.3 is 10.0 Å². The number of rotatable bonds is 3. The van der Waals surface area contributed by atoms with Gasteiger partial charge in [0.1, 0.15) is 5.82 Å². The molecule has 0 saturated carbocycles. The maximum Gasteiger partial charge on any atom is 0.306 e. The van der Waals surface area contributed by atoms with Gasteiger partial charge in [-0.15, -0.1) is 0 Å². The monoisotopic (exact) mass is 327 g/mol. The number of aliphatic carboxylic acids is 1. The SMILES string of the molecule is CC(C)(C(=O)N1CCC(C(=O)O)CC1)c1ccc(Cl)cc1F. The minimum Gasteiger partial charge on any atom is -0.481 e. The van der Waals surface area contributed by atoms with Gasteiger partial charge in [-0.25, -0.2) is 4.39 Å². The van der Waals surface area contributed by atoms with E-state index in [4.69, 9.17) is 16.7 Å². The largest absolute Gasteiger partial charge is 0.481 e. The van der Waals surface area contributed by atoms with Crippen LogP contribution in [0.5, 0.6) is 0 Å². The Morgan fingerprint density at radius 3 is 2.41 bits per heavy atom. The van der Waals surface area contributed by atoms with Crippen LogP contribution in [0.3, 0.4) is 0 Å². The first-order chi connectivity index (χ1) is 10.2. The van der Waals surface area contributed by atoms with Crippen molar-refractivity contribution in [1.82, 2.24) is 4.90 Å². The Kier molecular flexibility index (Phi) is 4.75.